The van der Waals surface area contributed by atoms with E-state index in [1.54, 1.807) is 39.0 Å². The molecule has 0 aliphatic heterocycles. The lowest BCUT2D eigenvalue weighted by atomic mass is 9.39. The fourth-order valence-corrected chi connectivity index (χ4v) is 12.8. The minimum atomic E-state index is -1.33. The zero-order valence-electron chi connectivity index (χ0n) is 31.1. The van der Waals surface area contributed by atoms with Gasteiger partial charge in [0.05, 0.1) is 30.3 Å². The first-order valence-electron chi connectivity index (χ1n) is 18.4. The predicted octanol–water partition coefficient (Wildman–Crippen LogP) is 5.73. The van der Waals surface area contributed by atoms with E-state index in [2.05, 4.69) is 13.0 Å². The Morgan fingerprint density at radius 3 is 2.00 bits per heavy atom. The Hall–Kier alpha value is -2.05. The zero-order valence-corrected chi connectivity index (χ0v) is 32.9. The fraction of sp³-hybridized carbons (Fsp3) is 0.725. The average Bonchev–Trinajstić information content (AvgIpc) is 3.05. The lowest BCUT2D eigenvalue weighted by molar-refractivity contribution is -0.250. The van der Waals surface area contributed by atoms with Crippen LogP contribution in [0, 0.1) is 39.4 Å². The average molecular weight is 747 g/mol. The molecule has 3 N–H and O–H groups in total. The van der Waals surface area contributed by atoms with Gasteiger partial charge >= 0.3 is 17.9 Å². The number of aliphatic hydroxyl groups excluding tert-OH is 3. The van der Waals surface area contributed by atoms with Crippen LogP contribution in [0.15, 0.2) is 48.1 Å². The highest BCUT2D eigenvalue weighted by Crippen LogP contribution is 2.74. The summed E-state index contributed by atoms with van der Waals surface area (Å²) in [6, 6.07) is 0. The molecule has 0 saturated heterocycles. The van der Waals surface area contributed by atoms with E-state index in [9.17, 15) is 29.7 Å². The molecule has 284 valence electrons. The molecule has 11 heteroatoms. The van der Waals surface area contributed by atoms with Crippen LogP contribution in [-0.2, 0) is 28.6 Å². The lowest BCUT2D eigenvalue weighted by Gasteiger charge is -2.71. The smallest absolute Gasteiger partial charge is 0.330 e. The first kappa shape index (κ1) is 40.1. The quantitative estimate of drug-likeness (QED) is 0.0693. The molecule has 0 bridgehead atoms. The van der Waals surface area contributed by atoms with Gasteiger partial charge in [0.2, 0.25) is 0 Å². The number of fused-ring (bicyclic) bond motifs is 7. The Morgan fingerprint density at radius 1 is 0.804 bits per heavy atom. The van der Waals surface area contributed by atoms with Gasteiger partial charge in [-0.3, -0.25) is 0 Å². The maximum Gasteiger partial charge on any atom is 0.330 e. The molecule has 0 aromatic rings. The highest BCUT2D eigenvalue weighted by molar-refractivity contribution is 7.83. The van der Waals surface area contributed by atoms with Crippen LogP contribution in [0.25, 0.3) is 0 Å². The monoisotopic (exact) mass is 746 g/mol. The van der Waals surface area contributed by atoms with E-state index in [1.807, 2.05) is 20.8 Å². The summed E-state index contributed by atoms with van der Waals surface area (Å²) in [5.41, 5.74) is -2.35. The SMILES string of the molecule is C/C=C/C(=O)OC[C@@]12C(CC(C)(C)[C@@H](O)[C@@H]1OC(=O)/C=C/C)C1=CCC3[C@@]4(S)CC[C@H](O)[C@](C)(COC(=O)/C=C/C)C4CC[C@@]3(S)[C@]1(C)C[C@H]2O. The zero-order chi connectivity index (χ0) is 37.8. The number of hydrogen-bond donors (Lipinski definition) is 5. The van der Waals surface area contributed by atoms with Crippen molar-refractivity contribution in [2.45, 2.75) is 127 Å². The van der Waals surface area contributed by atoms with Crippen molar-refractivity contribution in [3.05, 3.63) is 48.1 Å². The molecule has 0 aromatic heterocycles. The fourth-order valence-electron chi connectivity index (χ4n) is 11.1. The summed E-state index contributed by atoms with van der Waals surface area (Å²) >= 11 is 11.2. The molecule has 0 amide bonds. The molecular formula is C40H58O9S2. The van der Waals surface area contributed by atoms with Crippen molar-refractivity contribution in [1.82, 2.24) is 0 Å². The van der Waals surface area contributed by atoms with Crippen molar-refractivity contribution in [2.75, 3.05) is 13.2 Å². The van der Waals surface area contributed by atoms with Crippen molar-refractivity contribution in [3.8, 4) is 0 Å². The summed E-state index contributed by atoms with van der Waals surface area (Å²) in [4.78, 5) is 38.3. The molecule has 5 aliphatic rings. The Labute approximate surface area is 314 Å². The van der Waals surface area contributed by atoms with Crippen LogP contribution in [0.3, 0.4) is 0 Å². The van der Waals surface area contributed by atoms with Crippen LogP contribution in [0.5, 0.6) is 0 Å². The van der Waals surface area contributed by atoms with Crippen LogP contribution in [0.4, 0.5) is 0 Å². The third-order valence-corrected chi connectivity index (χ3v) is 15.7. The van der Waals surface area contributed by atoms with Crippen molar-refractivity contribution in [2.24, 2.45) is 39.4 Å². The second-order valence-corrected chi connectivity index (χ2v) is 18.6. The largest absolute Gasteiger partial charge is 0.462 e. The van der Waals surface area contributed by atoms with E-state index in [0.29, 0.717) is 38.5 Å². The molecular weight excluding hydrogens is 689 g/mol. The summed E-state index contributed by atoms with van der Waals surface area (Å²) in [6.07, 6.45) is 10.7. The molecule has 5 rings (SSSR count). The van der Waals surface area contributed by atoms with E-state index >= 15 is 0 Å². The summed E-state index contributed by atoms with van der Waals surface area (Å²) in [7, 11) is 0. The summed E-state index contributed by atoms with van der Waals surface area (Å²) in [5, 5.41) is 35.9. The number of thiol groups is 2. The van der Waals surface area contributed by atoms with E-state index in [4.69, 9.17) is 39.5 Å². The molecule has 9 nitrogen and oxygen atoms in total. The number of ether oxygens (including phenoxy) is 3. The second-order valence-electron chi connectivity index (χ2n) is 16.9. The molecule has 4 saturated carbocycles. The highest BCUT2D eigenvalue weighted by Gasteiger charge is 2.74. The van der Waals surface area contributed by atoms with Crippen molar-refractivity contribution in [3.63, 3.8) is 0 Å². The van der Waals surface area contributed by atoms with Gasteiger partial charge in [-0.1, -0.05) is 57.6 Å². The second kappa shape index (κ2) is 14.3. The maximum absolute atomic E-state index is 13.1. The number of carbonyl (C=O) groups is 3. The third-order valence-electron chi connectivity index (χ3n) is 13.9. The molecule has 0 aromatic carbocycles. The molecule has 0 heterocycles. The van der Waals surface area contributed by atoms with Gasteiger partial charge < -0.3 is 29.5 Å². The van der Waals surface area contributed by atoms with E-state index in [1.165, 1.54) is 18.2 Å². The molecule has 0 radical (unpaired) electrons. The summed E-state index contributed by atoms with van der Waals surface area (Å²) in [6.45, 7) is 13.0. The van der Waals surface area contributed by atoms with E-state index < -0.39 is 79.4 Å². The van der Waals surface area contributed by atoms with Crippen molar-refractivity contribution >= 4 is 43.2 Å². The first-order valence-corrected chi connectivity index (χ1v) is 19.3. The number of aliphatic hydroxyl groups is 3. The number of allylic oxidation sites excluding steroid dienone is 5. The van der Waals surface area contributed by atoms with Gasteiger partial charge in [0, 0.05) is 38.6 Å². The molecule has 4 fully saturated rings. The predicted molar refractivity (Wildman–Crippen MR) is 201 cm³/mol. The number of hydrogen-bond acceptors (Lipinski definition) is 11. The Morgan fingerprint density at radius 2 is 1.39 bits per heavy atom. The third kappa shape index (κ3) is 6.28. The molecule has 12 atom stereocenters. The molecule has 3 unspecified atom stereocenters. The van der Waals surface area contributed by atoms with Gasteiger partial charge in [0.25, 0.3) is 0 Å². The number of carbonyl (C=O) groups excluding carboxylic acids is 3. The van der Waals surface area contributed by atoms with Gasteiger partial charge in [-0.15, -0.1) is 0 Å². The van der Waals surface area contributed by atoms with Crippen LogP contribution in [-0.4, -0.2) is 80.4 Å². The van der Waals surface area contributed by atoms with Crippen LogP contribution < -0.4 is 0 Å². The van der Waals surface area contributed by atoms with Gasteiger partial charge in [-0.25, -0.2) is 14.4 Å². The summed E-state index contributed by atoms with van der Waals surface area (Å²) < 4.78 is 16.4. The summed E-state index contributed by atoms with van der Waals surface area (Å²) in [5.74, 6) is -2.21. The van der Waals surface area contributed by atoms with Crippen molar-refractivity contribution < 1.29 is 43.9 Å². The lowest BCUT2D eigenvalue weighted by Crippen LogP contribution is -2.74. The van der Waals surface area contributed by atoms with E-state index in [-0.39, 0.29) is 31.5 Å². The topological polar surface area (TPSA) is 140 Å². The van der Waals surface area contributed by atoms with Crippen LogP contribution in [0.2, 0.25) is 0 Å². The maximum atomic E-state index is 13.1. The minimum absolute atomic E-state index is 0.0556. The molecule has 51 heavy (non-hydrogen) atoms. The van der Waals surface area contributed by atoms with Gasteiger partial charge in [-0.2, -0.15) is 25.3 Å². The molecule has 5 aliphatic carbocycles. The standard InChI is InChI=1S/C40H58O9S2/c1-8-11-30(43)47-22-36(6)26-16-19-40(51)27(39(26,50)18-17-28(36)41)15-14-24-25-20-35(4,5)33(46)34(49-32(45)13-10-3)38(25,23-48-31(44)12-9-2)29(42)21-37(24,40)7/h8-14,25-29,33-34,41-42,46,50-51H,15-23H2,1-7H3/b11-8+,12-9+,13-10+/t25?,26?,27?,28-,29+,33-,34-,36+,37+,38-,39+,40-/m0/s1. The Kier molecular flexibility index (Phi) is 11.3. The minimum Gasteiger partial charge on any atom is -0.462 e. The normalized spacial score (nSPS) is 44.5. The Balaban J connectivity index is 1.61. The van der Waals surface area contributed by atoms with Gasteiger partial charge in [0.1, 0.15) is 12.7 Å². The molecule has 0 spiro atoms. The Bertz CT molecular complexity index is 1500. The van der Waals surface area contributed by atoms with Gasteiger partial charge in [0.15, 0.2) is 0 Å². The number of rotatable bonds is 8. The van der Waals surface area contributed by atoms with Crippen molar-refractivity contribution in [1.29, 1.82) is 0 Å². The van der Waals surface area contributed by atoms with Crippen LogP contribution in [0.1, 0.15) is 93.4 Å². The van der Waals surface area contributed by atoms with Gasteiger partial charge in [-0.05, 0) is 88.9 Å². The highest BCUT2D eigenvalue weighted by atomic mass is 32.1. The van der Waals surface area contributed by atoms with E-state index in [0.717, 1.165) is 5.57 Å². The number of esters is 3. The first-order chi connectivity index (χ1) is 23.8. The van der Waals surface area contributed by atoms with Crippen LogP contribution >= 0.6 is 25.3 Å².